The number of carbonyl (C=O) groups excluding carboxylic acids is 5. The second kappa shape index (κ2) is 8.84. The van der Waals surface area contributed by atoms with Crippen molar-refractivity contribution < 1.29 is 47.7 Å². The van der Waals surface area contributed by atoms with E-state index in [0.717, 1.165) is 0 Å². The third kappa shape index (κ3) is 3.78. The zero-order valence-corrected chi connectivity index (χ0v) is 20.0. The first-order chi connectivity index (χ1) is 15.9. The first-order valence-corrected chi connectivity index (χ1v) is 10.3. The van der Waals surface area contributed by atoms with Gasteiger partial charge < -0.3 is 23.7 Å². The van der Waals surface area contributed by atoms with Crippen molar-refractivity contribution in [3.63, 3.8) is 0 Å². The Labute approximate surface area is 195 Å². The van der Waals surface area contributed by atoms with Gasteiger partial charge in [0.05, 0.1) is 28.4 Å². The lowest BCUT2D eigenvalue weighted by Gasteiger charge is -2.34. The molecular formula is C22H26N2O10. The second-order valence-corrected chi connectivity index (χ2v) is 8.47. The molecule has 2 heterocycles. The Morgan fingerprint density at radius 2 is 1.24 bits per heavy atom. The fourth-order valence-corrected chi connectivity index (χ4v) is 3.95. The van der Waals surface area contributed by atoms with Gasteiger partial charge in [-0.05, 0) is 27.2 Å². The average Bonchev–Trinajstić information content (AvgIpc) is 3.01. The molecule has 0 aliphatic carbocycles. The molecule has 12 nitrogen and oxygen atoms in total. The molecule has 1 fully saturated rings. The largest absolute Gasteiger partial charge is 0.492 e. The van der Waals surface area contributed by atoms with E-state index in [1.54, 1.807) is 20.8 Å². The summed E-state index contributed by atoms with van der Waals surface area (Å²) >= 11 is 0. The van der Waals surface area contributed by atoms with E-state index in [4.69, 9.17) is 23.7 Å². The molecule has 0 aromatic heterocycles. The Hall–Kier alpha value is -3.83. The minimum atomic E-state index is -1.43. The summed E-state index contributed by atoms with van der Waals surface area (Å²) in [5, 5.41) is 0. The highest BCUT2D eigenvalue weighted by molar-refractivity contribution is 6.27. The molecule has 2 aliphatic rings. The number of benzene rings is 1. The van der Waals surface area contributed by atoms with Gasteiger partial charge >= 0.3 is 6.09 Å². The Balaban J connectivity index is 2.10. The molecule has 0 N–H and O–H groups in total. The summed E-state index contributed by atoms with van der Waals surface area (Å²) < 4.78 is 26.5. The standard InChI is InChI=1S/C22H26N2O10/c1-22(2,3)34-21(29)24-11(25)9-8-10(18(24)26)23-19(27)12-13(20(23)28)15(31-5)17(33-7)16(32-6)14(12)30-4/h10H,8-9H2,1-7H3. The van der Waals surface area contributed by atoms with Crippen LogP contribution in [0.15, 0.2) is 0 Å². The molecule has 1 unspecified atom stereocenters. The quantitative estimate of drug-likeness (QED) is 0.576. The lowest BCUT2D eigenvalue weighted by atomic mass is 10.0. The molecule has 3 rings (SSSR count). The number of nitrogens with zero attached hydrogens (tertiary/aromatic N) is 2. The number of hydrogen-bond donors (Lipinski definition) is 0. The molecule has 12 heteroatoms. The smallest absolute Gasteiger partial charge is 0.424 e. The predicted molar refractivity (Wildman–Crippen MR) is 114 cm³/mol. The number of fused-ring (bicyclic) bond motifs is 1. The summed E-state index contributed by atoms with van der Waals surface area (Å²) in [6.45, 7) is 4.72. The highest BCUT2D eigenvalue weighted by Gasteiger charge is 2.52. The SMILES string of the molecule is COc1c(OC)c(OC)c2c(c1OC)C(=O)N(C1CCC(=O)N(C(=O)OC(C)(C)C)C1=O)C2=O. The van der Waals surface area contributed by atoms with Crippen LogP contribution in [0.4, 0.5) is 4.79 Å². The summed E-state index contributed by atoms with van der Waals surface area (Å²) in [4.78, 5) is 66.1. The third-order valence-electron chi connectivity index (χ3n) is 5.28. The summed E-state index contributed by atoms with van der Waals surface area (Å²) in [6, 6.07) is -1.43. The number of amides is 5. The van der Waals surface area contributed by atoms with Crippen LogP contribution in [0, 0.1) is 0 Å². The molecule has 0 spiro atoms. The Kier molecular flexibility index (Phi) is 6.45. The van der Waals surface area contributed by atoms with E-state index in [-0.39, 0.29) is 47.0 Å². The van der Waals surface area contributed by atoms with Gasteiger partial charge in [0.15, 0.2) is 11.5 Å². The van der Waals surface area contributed by atoms with E-state index in [1.807, 2.05) is 0 Å². The van der Waals surface area contributed by atoms with Crippen LogP contribution in [0.1, 0.15) is 54.3 Å². The van der Waals surface area contributed by atoms with E-state index in [2.05, 4.69) is 0 Å². The number of piperidine rings is 1. The topological polar surface area (TPSA) is 138 Å². The lowest BCUT2D eigenvalue weighted by Crippen LogP contribution is -2.58. The van der Waals surface area contributed by atoms with E-state index in [1.165, 1.54) is 28.4 Å². The minimum Gasteiger partial charge on any atom is -0.492 e. The van der Waals surface area contributed by atoms with Gasteiger partial charge in [0.1, 0.15) is 22.8 Å². The molecule has 0 radical (unpaired) electrons. The number of imide groups is 4. The second-order valence-electron chi connectivity index (χ2n) is 8.47. The summed E-state index contributed by atoms with van der Waals surface area (Å²) in [5.41, 5.74) is -1.35. The van der Waals surface area contributed by atoms with Gasteiger partial charge in [-0.1, -0.05) is 0 Å². The molecule has 184 valence electrons. The van der Waals surface area contributed by atoms with Crippen LogP contribution in [0.3, 0.4) is 0 Å². The van der Waals surface area contributed by atoms with Gasteiger partial charge in [0.25, 0.3) is 17.7 Å². The van der Waals surface area contributed by atoms with Crippen molar-refractivity contribution in [2.75, 3.05) is 28.4 Å². The van der Waals surface area contributed by atoms with Gasteiger partial charge in [-0.15, -0.1) is 0 Å². The predicted octanol–water partition coefficient (Wildman–Crippen LogP) is 1.77. The molecular weight excluding hydrogens is 452 g/mol. The van der Waals surface area contributed by atoms with E-state index in [9.17, 15) is 24.0 Å². The number of likely N-dealkylation sites (tertiary alicyclic amines) is 1. The molecule has 5 amide bonds. The van der Waals surface area contributed by atoms with Crippen molar-refractivity contribution in [1.29, 1.82) is 0 Å². The maximum atomic E-state index is 13.5. The van der Waals surface area contributed by atoms with Crippen LogP contribution in [0.5, 0.6) is 23.0 Å². The maximum Gasteiger partial charge on any atom is 0.424 e. The minimum absolute atomic E-state index is 0.0177. The van der Waals surface area contributed by atoms with E-state index in [0.29, 0.717) is 9.80 Å². The first kappa shape index (κ1) is 24.8. The average molecular weight is 478 g/mol. The number of methoxy groups -OCH3 is 4. The molecule has 1 aromatic rings. The van der Waals surface area contributed by atoms with Crippen LogP contribution in [0.25, 0.3) is 0 Å². The molecule has 1 atom stereocenters. The number of ether oxygens (including phenoxy) is 5. The van der Waals surface area contributed by atoms with Crippen molar-refractivity contribution in [3.05, 3.63) is 11.1 Å². The van der Waals surface area contributed by atoms with Gasteiger partial charge in [-0.3, -0.25) is 24.1 Å². The van der Waals surface area contributed by atoms with Crippen molar-refractivity contribution in [1.82, 2.24) is 9.80 Å². The summed E-state index contributed by atoms with van der Waals surface area (Å²) in [6.07, 6.45) is -1.60. The number of rotatable bonds is 5. The van der Waals surface area contributed by atoms with Gasteiger partial charge in [-0.25, -0.2) is 4.79 Å². The first-order valence-electron chi connectivity index (χ1n) is 10.3. The fraction of sp³-hybridized carbons (Fsp3) is 0.500. The van der Waals surface area contributed by atoms with Crippen molar-refractivity contribution in [2.24, 2.45) is 0 Å². The summed E-state index contributed by atoms with van der Waals surface area (Å²) in [7, 11) is 5.19. The molecule has 1 saturated heterocycles. The van der Waals surface area contributed by atoms with E-state index < -0.39 is 41.4 Å². The van der Waals surface area contributed by atoms with Crippen molar-refractivity contribution in [2.45, 2.75) is 45.3 Å². The fourth-order valence-electron chi connectivity index (χ4n) is 3.95. The van der Waals surface area contributed by atoms with Crippen LogP contribution >= 0.6 is 0 Å². The zero-order chi connectivity index (χ0) is 25.5. The van der Waals surface area contributed by atoms with E-state index >= 15 is 0 Å². The molecule has 0 bridgehead atoms. The third-order valence-corrected chi connectivity index (χ3v) is 5.28. The molecule has 0 saturated carbocycles. The number of carbonyl (C=O) groups is 5. The molecule has 2 aliphatic heterocycles. The van der Waals surface area contributed by atoms with Gasteiger partial charge in [-0.2, -0.15) is 4.90 Å². The highest BCUT2D eigenvalue weighted by Crippen LogP contribution is 2.52. The number of hydrogen-bond acceptors (Lipinski definition) is 10. The lowest BCUT2D eigenvalue weighted by molar-refractivity contribution is -0.149. The Morgan fingerprint density at radius 3 is 1.62 bits per heavy atom. The van der Waals surface area contributed by atoms with Gasteiger partial charge in [0, 0.05) is 6.42 Å². The molecule has 1 aromatic carbocycles. The van der Waals surface area contributed by atoms with Crippen LogP contribution in [-0.4, -0.2) is 79.6 Å². The Bertz CT molecular complexity index is 1040. The normalized spacial score (nSPS) is 18.1. The monoisotopic (exact) mass is 478 g/mol. The van der Waals surface area contributed by atoms with Crippen molar-refractivity contribution in [3.8, 4) is 23.0 Å². The van der Waals surface area contributed by atoms with Crippen LogP contribution in [-0.2, 0) is 14.3 Å². The zero-order valence-electron chi connectivity index (χ0n) is 20.0. The Morgan fingerprint density at radius 1 is 0.794 bits per heavy atom. The van der Waals surface area contributed by atoms with Gasteiger partial charge in [0.2, 0.25) is 17.4 Å². The molecule has 34 heavy (non-hydrogen) atoms. The van der Waals surface area contributed by atoms with Crippen molar-refractivity contribution >= 4 is 29.7 Å². The maximum absolute atomic E-state index is 13.5. The summed E-state index contributed by atoms with van der Waals surface area (Å²) in [5.74, 6) is -3.70. The van der Waals surface area contributed by atoms with Crippen LogP contribution < -0.4 is 18.9 Å². The highest BCUT2D eigenvalue weighted by atomic mass is 16.6. The van der Waals surface area contributed by atoms with Crippen LogP contribution in [0.2, 0.25) is 0 Å².